The normalized spacial score (nSPS) is 11.2. The molecule has 0 fully saturated rings. The molecule has 0 aliphatic rings. The molecule has 1 amide bonds. The minimum Gasteiger partial charge on any atom is -0.352 e. The van der Waals surface area contributed by atoms with Crippen molar-refractivity contribution in [3.8, 4) is 5.82 Å². The fourth-order valence-corrected chi connectivity index (χ4v) is 4.91. The Bertz CT molecular complexity index is 1250. The third kappa shape index (κ3) is 5.36. The van der Waals surface area contributed by atoms with Crippen molar-refractivity contribution < 1.29 is 13.2 Å². The molecule has 10 heteroatoms. The summed E-state index contributed by atoms with van der Waals surface area (Å²) < 4.78 is 29.0. The number of amides is 1. The van der Waals surface area contributed by atoms with Crippen molar-refractivity contribution in [3.63, 3.8) is 0 Å². The molecule has 0 aliphatic carbocycles. The molecule has 8 nitrogen and oxygen atoms in total. The lowest BCUT2D eigenvalue weighted by molar-refractivity contribution is -0.120. The van der Waals surface area contributed by atoms with Crippen LogP contribution in [-0.2, 0) is 27.8 Å². The van der Waals surface area contributed by atoms with Crippen LogP contribution >= 0.6 is 11.3 Å². The lowest BCUT2D eigenvalue weighted by Crippen LogP contribution is -2.24. The number of thiophene rings is 1. The molecule has 0 radical (unpaired) electrons. The number of anilines is 1. The van der Waals surface area contributed by atoms with Gasteiger partial charge in [-0.25, -0.2) is 18.1 Å². The maximum atomic E-state index is 12.3. The highest BCUT2D eigenvalue weighted by Gasteiger charge is 2.15. The van der Waals surface area contributed by atoms with Gasteiger partial charge in [0.25, 0.3) is 10.0 Å². The van der Waals surface area contributed by atoms with Crippen LogP contribution < -0.4 is 10.0 Å². The highest BCUT2D eigenvalue weighted by molar-refractivity contribution is 7.94. The Kier molecular flexibility index (Phi) is 6.10. The molecule has 2 N–H and O–H groups in total. The number of hydrogen-bond acceptors (Lipinski definition) is 6. The number of pyridine rings is 1. The van der Waals surface area contributed by atoms with Gasteiger partial charge in [-0.1, -0.05) is 18.2 Å². The maximum Gasteiger partial charge on any atom is 0.271 e. The van der Waals surface area contributed by atoms with Gasteiger partial charge in [-0.15, -0.1) is 11.3 Å². The zero-order valence-electron chi connectivity index (χ0n) is 16.3. The summed E-state index contributed by atoms with van der Waals surface area (Å²) in [6.45, 7) is 0.369. The number of aromatic nitrogens is 3. The Morgan fingerprint density at radius 3 is 2.58 bits per heavy atom. The first kappa shape index (κ1) is 20.8. The van der Waals surface area contributed by atoms with E-state index in [1.54, 1.807) is 65.1 Å². The number of sulfonamides is 1. The number of nitrogens with one attached hydrogen (secondary N) is 2. The average Bonchev–Trinajstić information content (AvgIpc) is 3.48. The molecule has 4 aromatic rings. The van der Waals surface area contributed by atoms with Crippen LogP contribution in [0.5, 0.6) is 0 Å². The van der Waals surface area contributed by atoms with Crippen LogP contribution in [0.4, 0.5) is 5.69 Å². The van der Waals surface area contributed by atoms with Gasteiger partial charge in [-0.05, 0) is 52.9 Å². The first-order valence-corrected chi connectivity index (χ1v) is 11.7. The molecule has 31 heavy (non-hydrogen) atoms. The van der Waals surface area contributed by atoms with E-state index in [9.17, 15) is 13.2 Å². The summed E-state index contributed by atoms with van der Waals surface area (Å²) in [6.07, 6.45) is 5.34. The molecule has 3 aromatic heterocycles. The molecular weight excluding hydrogens is 434 g/mol. The standard InChI is InChI=1S/C21H19N5O3S2/c27-20(23-15-17-8-10-22-19(13-17)26-11-2-9-24-26)14-16-4-6-18(7-5-16)25-31(28,29)21-3-1-12-30-21/h1-13,25H,14-15H2,(H,23,27). The van der Waals surface area contributed by atoms with Crippen LogP contribution in [-0.4, -0.2) is 29.1 Å². The van der Waals surface area contributed by atoms with Gasteiger partial charge < -0.3 is 5.32 Å². The van der Waals surface area contributed by atoms with E-state index in [0.717, 1.165) is 22.5 Å². The van der Waals surface area contributed by atoms with Crippen molar-refractivity contribution >= 4 is 33.0 Å². The van der Waals surface area contributed by atoms with Gasteiger partial charge in [0.1, 0.15) is 4.21 Å². The number of carbonyl (C=O) groups is 1. The first-order valence-electron chi connectivity index (χ1n) is 9.36. The quantitative estimate of drug-likeness (QED) is 0.427. The van der Waals surface area contributed by atoms with E-state index in [2.05, 4.69) is 20.1 Å². The van der Waals surface area contributed by atoms with E-state index < -0.39 is 10.0 Å². The summed E-state index contributed by atoms with van der Waals surface area (Å²) >= 11 is 1.15. The molecule has 4 rings (SSSR count). The molecule has 0 spiro atoms. The topological polar surface area (TPSA) is 106 Å². The smallest absolute Gasteiger partial charge is 0.271 e. The van der Waals surface area contributed by atoms with Gasteiger partial charge in [-0.2, -0.15) is 5.10 Å². The van der Waals surface area contributed by atoms with Crippen molar-refractivity contribution in [3.05, 3.63) is 89.7 Å². The summed E-state index contributed by atoms with van der Waals surface area (Å²) in [5.41, 5.74) is 2.14. The van der Waals surface area contributed by atoms with Gasteiger partial charge in [0.05, 0.1) is 6.42 Å². The van der Waals surface area contributed by atoms with E-state index in [1.165, 1.54) is 0 Å². The molecule has 0 atom stereocenters. The van der Waals surface area contributed by atoms with Crippen LogP contribution in [0, 0.1) is 0 Å². The van der Waals surface area contributed by atoms with E-state index in [0.29, 0.717) is 18.1 Å². The second-order valence-electron chi connectivity index (χ2n) is 6.66. The number of hydrogen-bond donors (Lipinski definition) is 2. The summed E-state index contributed by atoms with van der Waals surface area (Å²) in [5, 5.41) is 8.74. The summed E-state index contributed by atoms with van der Waals surface area (Å²) in [6, 6.07) is 15.5. The number of rotatable bonds is 8. The van der Waals surface area contributed by atoms with E-state index >= 15 is 0 Å². The van der Waals surface area contributed by atoms with Crippen molar-refractivity contribution in [2.75, 3.05) is 4.72 Å². The van der Waals surface area contributed by atoms with Gasteiger partial charge in [0.15, 0.2) is 5.82 Å². The van der Waals surface area contributed by atoms with Crippen LogP contribution in [0.3, 0.4) is 0 Å². The molecule has 158 valence electrons. The minimum atomic E-state index is -3.59. The van der Waals surface area contributed by atoms with Crippen molar-refractivity contribution in [2.24, 2.45) is 0 Å². The molecule has 1 aromatic carbocycles. The second-order valence-corrected chi connectivity index (χ2v) is 9.52. The molecule has 0 saturated carbocycles. The third-order valence-corrected chi connectivity index (χ3v) is 7.15. The lowest BCUT2D eigenvalue weighted by Gasteiger charge is -2.09. The molecular formula is C21H19N5O3S2. The predicted molar refractivity (Wildman–Crippen MR) is 118 cm³/mol. The van der Waals surface area contributed by atoms with Crippen molar-refractivity contribution in [2.45, 2.75) is 17.2 Å². The fourth-order valence-electron chi connectivity index (χ4n) is 2.86. The van der Waals surface area contributed by atoms with E-state index in [1.807, 2.05) is 18.2 Å². The summed E-state index contributed by atoms with van der Waals surface area (Å²) in [7, 11) is -3.59. The molecule has 0 bridgehead atoms. The monoisotopic (exact) mass is 453 g/mol. The highest BCUT2D eigenvalue weighted by Crippen LogP contribution is 2.20. The Hall–Kier alpha value is -3.50. The minimum absolute atomic E-state index is 0.135. The second kappa shape index (κ2) is 9.11. The lowest BCUT2D eigenvalue weighted by atomic mass is 10.1. The first-order chi connectivity index (χ1) is 15.0. The summed E-state index contributed by atoms with van der Waals surface area (Å²) in [5.74, 6) is 0.543. The molecule has 3 heterocycles. The zero-order valence-corrected chi connectivity index (χ0v) is 17.9. The Balaban J connectivity index is 1.32. The van der Waals surface area contributed by atoms with E-state index in [4.69, 9.17) is 0 Å². The third-order valence-electron chi connectivity index (χ3n) is 4.37. The van der Waals surface area contributed by atoms with Crippen LogP contribution in [0.15, 0.2) is 82.8 Å². The number of nitrogens with zero attached hydrogens (tertiary/aromatic N) is 3. The summed E-state index contributed by atoms with van der Waals surface area (Å²) in [4.78, 5) is 16.6. The maximum absolute atomic E-state index is 12.3. The van der Waals surface area contributed by atoms with Gasteiger partial charge in [0, 0.05) is 30.8 Å². The SMILES string of the molecule is O=C(Cc1ccc(NS(=O)(=O)c2cccs2)cc1)NCc1ccnc(-n2cccn2)c1. The molecule has 0 aliphatic heterocycles. The Labute approximate surface area is 183 Å². The predicted octanol–water partition coefficient (Wildman–Crippen LogP) is 2.99. The van der Waals surface area contributed by atoms with Crippen molar-refractivity contribution in [1.82, 2.24) is 20.1 Å². The van der Waals surface area contributed by atoms with Gasteiger partial charge in [-0.3, -0.25) is 9.52 Å². The number of carbonyl (C=O) groups excluding carboxylic acids is 1. The largest absolute Gasteiger partial charge is 0.352 e. The van der Waals surface area contributed by atoms with E-state index in [-0.39, 0.29) is 16.5 Å². The highest BCUT2D eigenvalue weighted by atomic mass is 32.2. The zero-order chi connectivity index (χ0) is 21.7. The Morgan fingerprint density at radius 1 is 1.03 bits per heavy atom. The van der Waals surface area contributed by atoms with Crippen LogP contribution in [0.1, 0.15) is 11.1 Å². The van der Waals surface area contributed by atoms with Crippen LogP contribution in [0.25, 0.3) is 5.82 Å². The van der Waals surface area contributed by atoms with Crippen molar-refractivity contribution in [1.29, 1.82) is 0 Å². The Morgan fingerprint density at radius 2 is 1.87 bits per heavy atom. The average molecular weight is 454 g/mol. The number of benzene rings is 1. The van der Waals surface area contributed by atoms with Gasteiger partial charge in [0.2, 0.25) is 5.91 Å². The van der Waals surface area contributed by atoms with Gasteiger partial charge >= 0.3 is 0 Å². The molecule has 0 unspecified atom stereocenters. The molecule has 0 saturated heterocycles. The van der Waals surface area contributed by atoms with Crippen LogP contribution in [0.2, 0.25) is 0 Å². The fraction of sp³-hybridized carbons (Fsp3) is 0.0952.